The molecule has 4 rings (SSSR count). The Morgan fingerprint density at radius 1 is 0.941 bits per heavy atom. The van der Waals surface area contributed by atoms with Crippen molar-refractivity contribution in [3.05, 3.63) is 84.4 Å². The first kappa shape index (κ1) is 23.6. The number of H-pyrrole nitrogens is 1. The fourth-order valence-corrected chi connectivity index (χ4v) is 5.36. The lowest BCUT2D eigenvalue weighted by molar-refractivity contribution is -0.121. The maximum Gasteiger partial charge on any atom is 0.220 e. The minimum Gasteiger partial charge on any atom is -0.497 e. The highest BCUT2D eigenvalue weighted by Gasteiger charge is 2.16. The van der Waals surface area contributed by atoms with Crippen LogP contribution >= 0.6 is 0 Å². The maximum atomic E-state index is 12.5. The van der Waals surface area contributed by atoms with E-state index in [1.807, 2.05) is 42.5 Å². The Balaban J connectivity index is 1.37. The van der Waals surface area contributed by atoms with Crippen LogP contribution in [0.2, 0.25) is 0 Å². The van der Waals surface area contributed by atoms with Crippen LogP contribution in [-0.4, -0.2) is 38.7 Å². The number of para-hydroxylation sites is 1. The Labute approximate surface area is 199 Å². The third-order valence-corrected chi connectivity index (χ3v) is 7.63. The number of hydrogen-bond donors (Lipinski definition) is 2. The second kappa shape index (κ2) is 10.6. The van der Waals surface area contributed by atoms with Gasteiger partial charge in [0.05, 0.1) is 17.8 Å². The summed E-state index contributed by atoms with van der Waals surface area (Å²) in [5, 5.41) is 3.95. The maximum absolute atomic E-state index is 12.5. The Bertz CT molecular complexity index is 1360. The average molecular weight is 477 g/mol. The molecule has 0 atom stereocenters. The molecule has 3 aromatic carbocycles. The van der Waals surface area contributed by atoms with Gasteiger partial charge in [-0.05, 0) is 66.4 Å². The van der Waals surface area contributed by atoms with Crippen molar-refractivity contribution in [2.24, 2.45) is 0 Å². The predicted octanol–water partition coefficient (Wildman–Crippen LogP) is 4.76. The van der Waals surface area contributed by atoms with Crippen LogP contribution in [0.1, 0.15) is 18.4 Å². The monoisotopic (exact) mass is 476 g/mol. The van der Waals surface area contributed by atoms with Crippen LogP contribution in [0.15, 0.2) is 83.8 Å². The van der Waals surface area contributed by atoms with E-state index in [0.29, 0.717) is 30.7 Å². The quantitative estimate of drug-likeness (QED) is 0.323. The second-order valence-corrected chi connectivity index (χ2v) is 10.2. The molecular weight excluding hydrogens is 448 g/mol. The minimum absolute atomic E-state index is 0.00135. The Kier molecular flexibility index (Phi) is 7.33. The van der Waals surface area contributed by atoms with Gasteiger partial charge in [0.2, 0.25) is 5.91 Å². The molecule has 0 spiro atoms. The normalized spacial score (nSPS) is 11.4. The summed E-state index contributed by atoms with van der Waals surface area (Å²) in [5.41, 5.74) is 4.13. The Morgan fingerprint density at radius 3 is 2.38 bits per heavy atom. The summed E-state index contributed by atoms with van der Waals surface area (Å²) in [6.07, 6.45) is 1.25. The zero-order valence-electron chi connectivity index (χ0n) is 19.1. The first-order valence-electron chi connectivity index (χ1n) is 11.3. The first-order chi connectivity index (χ1) is 16.5. The molecule has 0 saturated heterocycles. The number of amides is 1. The average Bonchev–Trinajstić information content (AvgIpc) is 3.24. The molecule has 1 aromatic heterocycles. The molecule has 0 saturated carbocycles. The van der Waals surface area contributed by atoms with Crippen LogP contribution in [0.5, 0.6) is 5.75 Å². The highest BCUT2D eigenvalue weighted by atomic mass is 32.2. The van der Waals surface area contributed by atoms with Crippen molar-refractivity contribution in [2.75, 3.05) is 19.4 Å². The third-order valence-electron chi connectivity index (χ3n) is 5.81. The molecule has 6 nitrogen and oxygen atoms in total. The summed E-state index contributed by atoms with van der Waals surface area (Å²) >= 11 is 0. The van der Waals surface area contributed by atoms with Gasteiger partial charge in [-0.3, -0.25) is 4.79 Å². The molecule has 0 aliphatic rings. The number of methoxy groups -OCH3 is 1. The molecule has 0 radical (unpaired) electrons. The van der Waals surface area contributed by atoms with Gasteiger partial charge in [-0.2, -0.15) is 0 Å². The zero-order chi connectivity index (χ0) is 24.0. The number of aromatic nitrogens is 1. The van der Waals surface area contributed by atoms with Gasteiger partial charge in [0.15, 0.2) is 9.84 Å². The van der Waals surface area contributed by atoms with E-state index in [1.165, 1.54) is 0 Å². The van der Waals surface area contributed by atoms with E-state index in [1.54, 1.807) is 37.4 Å². The summed E-state index contributed by atoms with van der Waals surface area (Å²) in [4.78, 5) is 16.3. The van der Waals surface area contributed by atoms with E-state index >= 15 is 0 Å². The molecule has 0 aliphatic carbocycles. The SMILES string of the molecule is COc1ccc(-c2[nH]c3ccccc3c2CCC(=O)NCCCS(=O)(=O)c2ccccc2)cc1. The van der Waals surface area contributed by atoms with Crippen molar-refractivity contribution in [1.82, 2.24) is 10.3 Å². The number of benzene rings is 3. The van der Waals surface area contributed by atoms with Gasteiger partial charge < -0.3 is 15.0 Å². The van der Waals surface area contributed by atoms with E-state index < -0.39 is 9.84 Å². The van der Waals surface area contributed by atoms with E-state index in [0.717, 1.165) is 33.5 Å². The fraction of sp³-hybridized carbons (Fsp3) is 0.222. The molecule has 7 heteroatoms. The third kappa shape index (κ3) is 5.48. The number of hydrogen-bond acceptors (Lipinski definition) is 4. The fourth-order valence-electron chi connectivity index (χ4n) is 4.03. The summed E-state index contributed by atoms with van der Waals surface area (Å²) in [7, 11) is -1.70. The van der Waals surface area contributed by atoms with Gasteiger partial charge in [0.1, 0.15) is 5.75 Å². The van der Waals surface area contributed by atoms with Crippen molar-refractivity contribution in [3.63, 3.8) is 0 Å². The number of ether oxygens (including phenoxy) is 1. The number of carbonyl (C=O) groups excluding carboxylic acids is 1. The standard InChI is InChI=1S/C27H28N2O4S/c1-33-21-14-12-20(13-15-21)27-24(23-10-5-6-11-25(23)29-27)16-17-26(30)28-18-7-19-34(31,32)22-8-3-2-4-9-22/h2-6,8-15,29H,7,16-19H2,1H3,(H,28,30). The number of aromatic amines is 1. The van der Waals surface area contributed by atoms with Gasteiger partial charge in [0, 0.05) is 29.6 Å². The van der Waals surface area contributed by atoms with Crippen molar-refractivity contribution in [1.29, 1.82) is 0 Å². The molecule has 1 amide bonds. The second-order valence-electron chi connectivity index (χ2n) is 8.09. The molecule has 1 heterocycles. The van der Waals surface area contributed by atoms with E-state index in [2.05, 4.69) is 16.4 Å². The summed E-state index contributed by atoms with van der Waals surface area (Å²) < 4.78 is 30.0. The Hall–Kier alpha value is -3.58. The number of sulfone groups is 1. The first-order valence-corrected chi connectivity index (χ1v) is 12.9. The highest BCUT2D eigenvalue weighted by Crippen LogP contribution is 2.32. The van der Waals surface area contributed by atoms with Crippen LogP contribution in [0.25, 0.3) is 22.2 Å². The van der Waals surface area contributed by atoms with E-state index in [9.17, 15) is 13.2 Å². The lowest BCUT2D eigenvalue weighted by Crippen LogP contribution is -2.26. The number of nitrogens with one attached hydrogen (secondary N) is 2. The number of fused-ring (bicyclic) bond motifs is 1. The van der Waals surface area contributed by atoms with Crippen LogP contribution in [0.3, 0.4) is 0 Å². The van der Waals surface area contributed by atoms with Crippen LogP contribution in [0.4, 0.5) is 0 Å². The lowest BCUT2D eigenvalue weighted by Gasteiger charge is -2.08. The highest BCUT2D eigenvalue weighted by molar-refractivity contribution is 7.91. The summed E-state index contributed by atoms with van der Waals surface area (Å²) in [6, 6.07) is 24.3. The molecule has 0 bridgehead atoms. The molecule has 0 fully saturated rings. The zero-order valence-corrected chi connectivity index (χ0v) is 19.9. The number of rotatable bonds is 10. The summed E-state index contributed by atoms with van der Waals surface area (Å²) in [6.45, 7) is 0.324. The molecule has 34 heavy (non-hydrogen) atoms. The van der Waals surface area contributed by atoms with Gasteiger partial charge in [-0.1, -0.05) is 36.4 Å². The van der Waals surface area contributed by atoms with Gasteiger partial charge in [0.25, 0.3) is 0 Å². The van der Waals surface area contributed by atoms with Gasteiger partial charge >= 0.3 is 0 Å². The lowest BCUT2D eigenvalue weighted by atomic mass is 10.0. The molecule has 2 N–H and O–H groups in total. The van der Waals surface area contributed by atoms with Gasteiger partial charge in [-0.25, -0.2) is 8.42 Å². The van der Waals surface area contributed by atoms with Crippen LogP contribution in [-0.2, 0) is 21.1 Å². The summed E-state index contributed by atoms with van der Waals surface area (Å²) in [5.74, 6) is 0.694. The van der Waals surface area contributed by atoms with Crippen LogP contribution < -0.4 is 10.1 Å². The molecular formula is C27H28N2O4S. The number of aryl methyl sites for hydroxylation is 1. The Morgan fingerprint density at radius 2 is 1.65 bits per heavy atom. The molecule has 0 unspecified atom stereocenters. The van der Waals surface area contributed by atoms with Crippen molar-refractivity contribution in [3.8, 4) is 17.0 Å². The van der Waals surface area contributed by atoms with Gasteiger partial charge in [-0.15, -0.1) is 0 Å². The largest absolute Gasteiger partial charge is 0.497 e. The van der Waals surface area contributed by atoms with Crippen LogP contribution in [0, 0.1) is 0 Å². The van der Waals surface area contributed by atoms with Crippen molar-refractivity contribution >= 4 is 26.6 Å². The van der Waals surface area contributed by atoms with E-state index in [4.69, 9.17) is 4.74 Å². The predicted molar refractivity (Wildman–Crippen MR) is 135 cm³/mol. The van der Waals surface area contributed by atoms with E-state index in [-0.39, 0.29) is 11.7 Å². The molecule has 4 aromatic rings. The number of carbonyl (C=O) groups is 1. The molecule has 176 valence electrons. The van der Waals surface area contributed by atoms with Crippen molar-refractivity contribution in [2.45, 2.75) is 24.2 Å². The van der Waals surface area contributed by atoms with Crippen molar-refractivity contribution < 1.29 is 17.9 Å². The minimum atomic E-state index is -3.34. The topological polar surface area (TPSA) is 88.3 Å². The smallest absolute Gasteiger partial charge is 0.220 e. The molecule has 0 aliphatic heterocycles.